The number of aromatic nitrogens is 1. The number of nitrogens with zero attached hydrogens (tertiary/aromatic N) is 3. The van der Waals surface area contributed by atoms with E-state index in [9.17, 15) is 14.9 Å². The van der Waals surface area contributed by atoms with Crippen molar-refractivity contribution in [1.29, 1.82) is 0 Å². The van der Waals surface area contributed by atoms with Crippen molar-refractivity contribution in [3.63, 3.8) is 0 Å². The Bertz CT molecular complexity index is 1150. The van der Waals surface area contributed by atoms with Crippen LogP contribution in [0.25, 0.3) is 0 Å². The molecule has 2 aromatic carbocycles. The lowest BCUT2D eigenvalue weighted by Crippen LogP contribution is -2.39. The largest absolute Gasteiger partial charge is 0.311 e. The van der Waals surface area contributed by atoms with Crippen LogP contribution in [0.3, 0.4) is 0 Å². The fourth-order valence-electron chi connectivity index (χ4n) is 4.16. The number of likely N-dealkylation sites (tertiary alicyclic amines) is 1. The Morgan fingerprint density at radius 3 is 2.60 bits per heavy atom. The van der Waals surface area contributed by atoms with Gasteiger partial charge in [-0.05, 0) is 74.0 Å². The molecule has 9 heteroatoms. The zero-order valence-corrected chi connectivity index (χ0v) is 20.8. The first-order valence-electron chi connectivity index (χ1n) is 11.6. The van der Waals surface area contributed by atoms with Gasteiger partial charge in [0.15, 0.2) is 5.78 Å². The first-order valence-corrected chi connectivity index (χ1v) is 12.8. The van der Waals surface area contributed by atoms with Gasteiger partial charge in [0.1, 0.15) is 5.03 Å². The minimum Gasteiger partial charge on any atom is -0.311 e. The summed E-state index contributed by atoms with van der Waals surface area (Å²) in [7, 11) is 0. The number of nitro groups is 1. The summed E-state index contributed by atoms with van der Waals surface area (Å²) in [6.07, 6.45) is 3.37. The van der Waals surface area contributed by atoms with Crippen molar-refractivity contribution in [2.75, 3.05) is 26.2 Å². The average molecular weight is 511 g/mol. The minimum atomic E-state index is -0.343. The third-order valence-electron chi connectivity index (χ3n) is 6.09. The number of carbonyl (C=O) groups excluding carboxylic acids is 1. The van der Waals surface area contributed by atoms with E-state index >= 15 is 0 Å². The van der Waals surface area contributed by atoms with Crippen molar-refractivity contribution in [2.24, 2.45) is 5.92 Å². The predicted octanol–water partition coefficient (Wildman–Crippen LogP) is 5.48. The maximum absolute atomic E-state index is 12.7. The summed E-state index contributed by atoms with van der Waals surface area (Å²) in [5, 5.41) is 16.3. The van der Waals surface area contributed by atoms with Gasteiger partial charge < -0.3 is 10.2 Å². The Kier molecular flexibility index (Phi) is 8.87. The number of carbonyl (C=O) groups is 1. The van der Waals surface area contributed by atoms with Crippen molar-refractivity contribution in [1.82, 2.24) is 15.2 Å². The molecule has 1 aromatic heterocycles. The number of hydrogen-bond donors (Lipinski definition) is 1. The Balaban J connectivity index is 1.22. The molecule has 0 radical (unpaired) electrons. The zero-order chi connectivity index (χ0) is 24.6. The van der Waals surface area contributed by atoms with Crippen LogP contribution >= 0.6 is 23.4 Å². The number of rotatable bonds is 10. The highest BCUT2D eigenvalue weighted by Crippen LogP contribution is 2.34. The van der Waals surface area contributed by atoms with Gasteiger partial charge in [-0.3, -0.25) is 14.9 Å². The summed E-state index contributed by atoms with van der Waals surface area (Å²) in [5.41, 5.74) is 1.69. The number of hydrogen-bond acceptors (Lipinski definition) is 7. The van der Waals surface area contributed by atoms with Gasteiger partial charge in [-0.25, -0.2) is 4.98 Å². The summed E-state index contributed by atoms with van der Waals surface area (Å²) < 4.78 is 0. The monoisotopic (exact) mass is 510 g/mol. The molecule has 35 heavy (non-hydrogen) atoms. The molecule has 1 saturated heterocycles. The molecule has 3 aromatic rings. The minimum absolute atomic E-state index is 0.0587. The van der Waals surface area contributed by atoms with Crippen molar-refractivity contribution in [3.8, 4) is 0 Å². The lowest BCUT2D eigenvalue weighted by atomic mass is 9.89. The highest BCUT2D eigenvalue weighted by molar-refractivity contribution is 7.99. The first-order chi connectivity index (χ1) is 17.0. The van der Waals surface area contributed by atoms with Crippen molar-refractivity contribution in [2.45, 2.75) is 29.3 Å². The molecule has 0 aliphatic carbocycles. The fourth-order valence-corrected chi connectivity index (χ4v) is 5.15. The Hall–Kier alpha value is -2.78. The lowest BCUT2D eigenvalue weighted by molar-refractivity contribution is -0.387. The van der Waals surface area contributed by atoms with Crippen LogP contribution in [0.4, 0.5) is 5.69 Å². The van der Waals surface area contributed by atoms with E-state index in [1.807, 2.05) is 24.3 Å². The van der Waals surface area contributed by atoms with Gasteiger partial charge in [0.05, 0.1) is 9.82 Å². The van der Waals surface area contributed by atoms with E-state index in [2.05, 4.69) is 15.2 Å². The van der Waals surface area contributed by atoms with Gasteiger partial charge in [0.2, 0.25) is 0 Å². The third-order valence-corrected chi connectivity index (χ3v) is 7.36. The molecule has 0 bridgehead atoms. The molecule has 0 atom stereocenters. The van der Waals surface area contributed by atoms with Gasteiger partial charge in [0.25, 0.3) is 5.69 Å². The van der Waals surface area contributed by atoms with E-state index in [1.54, 1.807) is 42.6 Å². The standard InChI is InChI=1S/C26H27ClN4O3S/c27-22-7-5-20(6-8-22)26(32)21-10-14-30(15-11-21)16-13-28-18-19-4-9-24(23(17-19)31(33)34)35-25-3-1-2-12-29-25/h1-9,12,17,21,28H,10-11,13-16,18H2. The van der Waals surface area contributed by atoms with Crippen molar-refractivity contribution >= 4 is 34.8 Å². The molecule has 7 nitrogen and oxygen atoms in total. The maximum atomic E-state index is 12.7. The van der Waals surface area contributed by atoms with Crippen LogP contribution in [-0.2, 0) is 6.54 Å². The van der Waals surface area contributed by atoms with Crippen LogP contribution in [0, 0.1) is 16.0 Å². The summed E-state index contributed by atoms with van der Waals surface area (Å²) in [5.74, 6) is 0.258. The zero-order valence-electron chi connectivity index (χ0n) is 19.2. The van der Waals surface area contributed by atoms with E-state index in [0.29, 0.717) is 16.5 Å². The molecule has 182 valence electrons. The molecule has 1 aliphatic heterocycles. The number of nitro benzene ring substituents is 1. The van der Waals surface area contributed by atoms with Crippen LogP contribution in [-0.4, -0.2) is 46.8 Å². The van der Waals surface area contributed by atoms with Crippen LogP contribution in [0.1, 0.15) is 28.8 Å². The van der Waals surface area contributed by atoms with Gasteiger partial charge in [-0.15, -0.1) is 0 Å². The average Bonchev–Trinajstić information content (AvgIpc) is 2.88. The molecule has 1 N–H and O–H groups in total. The molecule has 0 saturated carbocycles. The van der Waals surface area contributed by atoms with Gasteiger partial charge in [0, 0.05) is 48.4 Å². The number of Topliss-reactive ketones (excluding diaryl/α,β-unsaturated/α-hetero) is 1. The van der Waals surface area contributed by atoms with Crippen LogP contribution in [0.2, 0.25) is 5.02 Å². The second-order valence-corrected chi connectivity index (χ2v) is 9.99. The Labute approximate surface area is 214 Å². The normalized spacial score (nSPS) is 14.7. The summed E-state index contributed by atoms with van der Waals surface area (Å²) in [6.45, 7) is 3.97. The molecule has 0 amide bonds. The summed E-state index contributed by atoms with van der Waals surface area (Å²) in [6, 6.07) is 18.0. The molecule has 0 unspecified atom stereocenters. The Morgan fingerprint density at radius 1 is 1.14 bits per heavy atom. The molecular formula is C26H27ClN4O3S. The molecular weight excluding hydrogens is 484 g/mol. The van der Waals surface area contributed by atoms with Crippen LogP contribution in [0.5, 0.6) is 0 Å². The maximum Gasteiger partial charge on any atom is 0.283 e. The van der Waals surface area contributed by atoms with E-state index < -0.39 is 0 Å². The smallest absolute Gasteiger partial charge is 0.283 e. The SMILES string of the molecule is O=C(c1ccc(Cl)cc1)C1CCN(CCNCc2ccc(Sc3ccccn3)c([N+](=O)[O-])c2)CC1. The molecule has 0 spiro atoms. The summed E-state index contributed by atoms with van der Waals surface area (Å²) >= 11 is 7.21. The second-order valence-electron chi connectivity index (χ2n) is 8.49. The van der Waals surface area contributed by atoms with Gasteiger partial charge in [-0.1, -0.05) is 35.5 Å². The predicted molar refractivity (Wildman–Crippen MR) is 138 cm³/mol. The molecule has 1 aliphatic rings. The number of piperidine rings is 1. The van der Waals surface area contributed by atoms with E-state index in [4.69, 9.17) is 11.6 Å². The number of ketones is 1. The van der Waals surface area contributed by atoms with Gasteiger partial charge >= 0.3 is 0 Å². The highest BCUT2D eigenvalue weighted by atomic mass is 35.5. The van der Waals surface area contributed by atoms with Crippen molar-refractivity contribution in [3.05, 3.63) is 93.1 Å². The molecule has 4 rings (SSSR count). The number of halogens is 1. The molecule has 2 heterocycles. The number of benzene rings is 2. The number of nitrogens with one attached hydrogen (secondary N) is 1. The number of pyridine rings is 1. The first kappa shape index (κ1) is 25.3. The third kappa shape index (κ3) is 7.11. The van der Waals surface area contributed by atoms with Crippen LogP contribution in [0.15, 0.2) is 76.8 Å². The van der Waals surface area contributed by atoms with Gasteiger partial charge in [-0.2, -0.15) is 0 Å². The second kappa shape index (κ2) is 12.3. The topological polar surface area (TPSA) is 88.4 Å². The highest BCUT2D eigenvalue weighted by Gasteiger charge is 2.25. The van der Waals surface area contributed by atoms with E-state index in [-0.39, 0.29) is 22.3 Å². The fraction of sp³-hybridized carbons (Fsp3) is 0.308. The van der Waals surface area contributed by atoms with E-state index in [1.165, 1.54) is 11.8 Å². The van der Waals surface area contributed by atoms with Crippen molar-refractivity contribution < 1.29 is 9.72 Å². The summed E-state index contributed by atoms with van der Waals surface area (Å²) in [4.78, 5) is 31.1. The molecule has 1 fully saturated rings. The lowest BCUT2D eigenvalue weighted by Gasteiger charge is -2.31. The quantitative estimate of drug-likeness (QED) is 0.167. The van der Waals surface area contributed by atoms with Crippen LogP contribution < -0.4 is 5.32 Å². The van der Waals surface area contributed by atoms with E-state index in [0.717, 1.165) is 55.2 Å². The Morgan fingerprint density at radius 2 is 1.91 bits per heavy atom.